The fraction of sp³-hybridized carbons (Fsp3) is 0.167. The molecule has 3 rings (SSSR count). The van der Waals surface area contributed by atoms with Gasteiger partial charge in [-0.2, -0.15) is 0 Å². The third kappa shape index (κ3) is 4.46. The van der Waals surface area contributed by atoms with Crippen LogP contribution in [0.25, 0.3) is 0 Å². The molecule has 0 aliphatic heterocycles. The van der Waals surface area contributed by atoms with Crippen LogP contribution in [0.1, 0.15) is 37.5 Å². The Morgan fingerprint density at radius 1 is 0.679 bits per heavy atom. The van der Waals surface area contributed by atoms with Crippen molar-refractivity contribution < 1.29 is 10.2 Å². The molecule has 28 heavy (non-hydrogen) atoms. The van der Waals surface area contributed by atoms with Crippen molar-refractivity contribution >= 4 is 23.8 Å². The Bertz CT molecular complexity index is 1030. The van der Waals surface area contributed by atoms with Crippen LogP contribution < -0.4 is 0 Å². The first kappa shape index (κ1) is 19.4. The van der Waals surface area contributed by atoms with Gasteiger partial charge in [-0.05, 0) is 41.3 Å². The summed E-state index contributed by atoms with van der Waals surface area (Å²) in [5, 5.41) is 20.5. The first-order valence-electron chi connectivity index (χ1n) is 9.14. The Balaban J connectivity index is 1.92. The highest BCUT2D eigenvalue weighted by atomic mass is 16.3. The number of benzene rings is 3. The molecule has 3 aromatic rings. The topological polar surface area (TPSA) is 65.2 Å². The maximum absolute atomic E-state index is 10.6. The second kappa shape index (κ2) is 8.09. The number of aliphatic imine (C=N–C) groups is 2. The average molecular weight is 372 g/mol. The van der Waals surface area contributed by atoms with Crippen LogP contribution in [0.4, 0.5) is 11.4 Å². The summed E-state index contributed by atoms with van der Waals surface area (Å²) in [5.41, 5.74) is 3.36. The van der Waals surface area contributed by atoms with Gasteiger partial charge in [0.1, 0.15) is 11.5 Å². The lowest BCUT2D eigenvalue weighted by molar-refractivity contribution is 0.446. The predicted molar refractivity (Wildman–Crippen MR) is 116 cm³/mol. The van der Waals surface area contributed by atoms with Gasteiger partial charge < -0.3 is 10.2 Å². The number of para-hydroxylation sites is 4. The monoisotopic (exact) mass is 372 g/mol. The van der Waals surface area contributed by atoms with Crippen molar-refractivity contribution in [1.29, 1.82) is 0 Å². The molecule has 3 aromatic carbocycles. The summed E-state index contributed by atoms with van der Waals surface area (Å²) in [6.07, 6.45) is 3.26. The highest BCUT2D eigenvalue weighted by Gasteiger charge is 2.19. The van der Waals surface area contributed by atoms with E-state index in [2.05, 4.69) is 30.8 Å². The molecule has 142 valence electrons. The van der Waals surface area contributed by atoms with Crippen LogP contribution in [-0.4, -0.2) is 22.6 Å². The van der Waals surface area contributed by atoms with Gasteiger partial charge in [0.2, 0.25) is 0 Å². The number of rotatable bonds is 4. The molecule has 0 bridgehead atoms. The van der Waals surface area contributed by atoms with Gasteiger partial charge in [0.05, 0.1) is 11.4 Å². The molecule has 0 radical (unpaired) electrons. The van der Waals surface area contributed by atoms with E-state index in [9.17, 15) is 10.2 Å². The summed E-state index contributed by atoms with van der Waals surface area (Å²) < 4.78 is 0. The summed E-state index contributed by atoms with van der Waals surface area (Å²) in [7, 11) is 0. The summed E-state index contributed by atoms with van der Waals surface area (Å²) in [4.78, 5) is 9.00. The average Bonchev–Trinajstić information content (AvgIpc) is 2.66. The van der Waals surface area contributed by atoms with Gasteiger partial charge in [-0.3, -0.25) is 9.98 Å². The van der Waals surface area contributed by atoms with E-state index in [1.165, 1.54) is 0 Å². The predicted octanol–water partition coefficient (Wildman–Crippen LogP) is 5.90. The zero-order valence-electron chi connectivity index (χ0n) is 16.3. The molecule has 0 spiro atoms. The van der Waals surface area contributed by atoms with Crippen molar-refractivity contribution in [3.8, 4) is 11.5 Å². The smallest absolute Gasteiger partial charge is 0.128 e. The van der Waals surface area contributed by atoms with E-state index in [0.29, 0.717) is 22.5 Å². The Labute approximate surface area is 165 Å². The second-order valence-corrected chi connectivity index (χ2v) is 7.56. The van der Waals surface area contributed by atoms with Gasteiger partial charge in [0.25, 0.3) is 0 Å². The van der Waals surface area contributed by atoms with Gasteiger partial charge >= 0.3 is 0 Å². The zero-order valence-corrected chi connectivity index (χ0v) is 16.3. The van der Waals surface area contributed by atoms with Crippen molar-refractivity contribution in [2.75, 3.05) is 0 Å². The van der Waals surface area contributed by atoms with Crippen LogP contribution in [0.15, 0.2) is 76.7 Å². The molecular weight excluding hydrogens is 348 g/mol. The number of phenols is 2. The van der Waals surface area contributed by atoms with Gasteiger partial charge in [-0.1, -0.05) is 57.2 Å². The molecule has 0 fully saturated rings. The molecule has 0 aliphatic carbocycles. The van der Waals surface area contributed by atoms with E-state index in [0.717, 1.165) is 5.56 Å². The van der Waals surface area contributed by atoms with Gasteiger partial charge in [-0.25, -0.2) is 0 Å². The Morgan fingerprint density at radius 3 is 1.82 bits per heavy atom. The Morgan fingerprint density at radius 2 is 1.21 bits per heavy atom. The van der Waals surface area contributed by atoms with E-state index >= 15 is 0 Å². The first-order valence-corrected chi connectivity index (χ1v) is 9.14. The SMILES string of the molecule is CC(C)(C)c1cccc(C=Nc2ccccc2N=Cc2ccccc2O)c1O. The summed E-state index contributed by atoms with van der Waals surface area (Å²) >= 11 is 0. The number of aromatic hydroxyl groups is 2. The fourth-order valence-electron chi connectivity index (χ4n) is 2.83. The maximum Gasteiger partial charge on any atom is 0.128 e. The van der Waals surface area contributed by atoms with Gasteiger partial charge in [0, 0.05) is 23.6 Å². The lowest BCUT2D eigenvalue weighted by Gasteiger charge is -2.21. The lowest BCUT2D eigenvalue weighted by Crippen LogP contribution is -2.11. The van der Waals surface area contributed by atoms with Gasteiger partial charge in [-0.15, -0.1) is 0 Å². The Kier molecular flexibility index (Phi) is 5.59. The molecule has 2 N–H and O–H groups in total. The molecule has 4 heteroatoms. The number of nitrogens with zero attached hydrogens (tertiary/aromatic N) is 2. The standard InChI is InChI=1S/C24H24N2O2/c1-24(2,3)19-11-8-10-18(23(19)28)16-26-21-13-6-5-12-20(21)25-15-17-9-4-7-14-22(17)27/h4-16,27-28H,1-3H3. The summed E-state index contributed by atoms with van der Waals surface area (Å²) in [5.74, 6) is 0.421. The third-order valence-electron chi connectivity index (χ3n) is 4.38. The van der Waals surface area contributed by atoms with Crippen molar-refractivity contribution in [2.24, 2.45) is 9.98 Å². The van der Waals surface area contributed by atoms with Gasteiger partial charge in [0.15, 0.2) is 0 Å². The molecule has 0 saturated carbocycles. The molecule has 0 aliphatic rings. The normalized spacial score (nSPS) is 12.1. The van der Waals surface area contributed by atoms with E-state index in [1.807, 2.05) is 48.5 Å². The van der Waals surface area contributed by atoms with E-state index in [1.54, 1.807) is 30.6 Å². The summed E-state index contributed by atoms with van der Waals surface area (Å²) in [6.45, 7) is 6.18. The molecule has 0 aromatic heterocycles. The van der Waals surface area contributed by atoms with Crippen molar-refractivity contribution in [3.05, 3.63) is 83.4 Å². The largest absolute Gasteiger partial charge is 0.507 e. The van der Waals surface area contributed by atoms with Crippen LogP contribution in [0.3, 0.4) is 0 Å². The number of hydrogen-bond acceptors (Lipinski definition) is 4. The van der Waals surface area contributed by atoms with Crippen molar-refractivity contribution in [2.45, 2.75) is 26.2 Å². The van der Waals surface area contributed by atoms with Crippen molar-refractivity contribution in [3.63, 3.8) is 0 Å². The second-order valence-electron chi connectivity index (χ2n) is 7.56. The maximum atomic E-state index is 10.6. The lowest BCUT2D eigenvalue weighted by atomic mass is 9.85. The zero-order chi connectivity index (χ0) is 20.1. The number of phenolic OH excluding ortho intramolecular Hbond substituents is 2. The van der Waals surface area contributed by atoms with Crippen LogP contribution in [0, 0.1) is 0 Å². The molecule has 4 nitrogen and oxygen atoms in total. The van der Waals surface area contributed by atoms with E-state index < -0.39 is 0 Å². The fourth-order valence-corrected chi connectivity index (χ4v) is 2.83. The molecule has 0 amide bonds. The quantitative estimate of drug-likeness (QED) is 0.560. The molecule has 0 atom stereocenters. The van der Waals surface area contributed by atoms with E-state index in [4.69, 9.17) is 0 Å². The third-order valence-corrected chi connectivity index (χ3v) is 4.38. The minimum Gasteiger partial charge on any atom is -0.507 e. The van der Waals surface area contributed by atoms with Crippen LogP contribution in [0.5, 0.6) is 11.5 Å². The first-order chi connectivity index (χ1) is 13.4. The highest BCUT2D eigenvalue weighted by molar-refractivity contribution is 5.89. The Hall–Kier alpha value is -3.40. The summed E-state index contributed by atoms with van der Waals surface area (Å²) in [6, 6.07) is 20.2. The molecule has 0 saturated heterocycles. The molecule has 0 unspecified atom stereocenters. The molecular formula is C24H24N2O2. The van der Waals surface area contributed by atoms with Crippen molar-refractivity contribution in [1.82, 2.24) is 0 Å². The van der Waals surface area contributed by atoms with E-state index in [-0.39, 0.29) is 16.9 Å². The molecule has 0 heterocycles. The number of hydrogen-bond donors (Lipinski definition) is 2. The van der Waals surface area contributed by atoms with Crippen LogP contribution in [-0.2, 0) is 5.41 Å². The van der Waals surface area contributed by atoms with Crippen LogP contribution >= 0.6 is 0 Å². The highest BCUT2D eigenvalue weighted by Crippen LogP contribution is 2.33. The minimum atomic E-state index is -0.159. The minimum absolute atomic E-state index is 0.159. The van der Waals surface area contributed by atoms with Crippen LogP contribution in [0.2, 0.25) is 0 Å².